The summed E-state index contributed by atoms with van der Waals surface area (Å²) < 4.78 is 4.30. The maximum absolute atomic E-state index is 12.4. The molecule has 0 radical (unpaired) electrons. The number of benzene rings is 1. The minimum absolute atomic E-state index is 0.0404. The zero-order chi connectivity index (χ0) is 13.5. The predicted octanol–water partition coefficient (Wildman–Crippen LogP) is 2.12. The minimum atomic E-state index is 0.0404. The van der Waals surface area contributed by atoms with Crippen LogP contribution in [0.1, 0.15) is 23.2 Å². The maximum Gasteiger partial charge on any atom is 0.251 e. The third-order valence-corrected chi connectivity index (χ3v) is 5.26. The van der Waals surface area contributed by atoms with E-state index in [2.05, 4.69) is 14.6 Å². The van der Waals surface area contributed by atoms with Gasteiger partial charge in [0, 0.05) is 28.9 Å². The SMILES string of the molecule is O=C(N[C@H]1CN2CCC1CC2)c1ccc2csnc2c1. The number of aromatic nitrogens is 1. The van der Waals surface area contributed by atoms with Gasteiger partial charge in [-0.05, 0) is 55.5 Å². The van der Waals surface area contributed by atoms with E-state index in [0.29, 0.717) is 12.0 Å². The smallest absolute Gasteiger partial charge is 0.251 e. The van der Waals surface area contributed by atoms with Crippen LogP contribution in [0.4, 0.5) is 0 Å². The number of carbonyl (C=O) groups excluding carboxylic acids is 1. The summed E-state index contributed by atoms with van der Waals surface area (Å²) in [4.78, 5) is 14.9. The van der Waals surface area contributed by atoms with Gasteiger partial charge in [0.1, 0.15) is 0 Å². The molecule has 20 heavy (non-hydrogen) atoms. The van der Waals surface area contributed by atoms with Crippen molar-refractivity contribution in [2.45, 2.75) is 18.9 Å². The number of nitrogens with one attached hydrogen (secondary N) is 1. The van der Waals surface area contributed by atoms with Crippen molar-refractivity contribution < 1.29 is 4.79 Å². The van der Waals surface area contributed by atoms with Gasteiger partial charge in [-0.2, -0.15) is 4.37 Å². The number of carbonyl (C=O) groups is 1. The molecule has 0 unspecified atom stereocenters. The lowest BCUT2D eigenvalue weighted by molar-refractivity contribution is 0.0620. The molecule has 3 aliphatic heterocycles. The van der Waals surface area contributed by atoms with Gasteiger partial charge in [0.2, 0.25) is 0 Å². The first kappa shape index (κ1) is 12.3. The van der Waals surface area contributed by atoms with E-state index in [1.807, 2.05) is 23.6 Å². The molecule has 5 heteroatoms. The highest BCUT2D eigenvalue weighted by molar-refractivity contribution is 7.04. The molecule has 1 N–H and O–H groups in total. The third-order valence-electron chi connectivity index (χ3n) is 4.60. The Kier molecular flexibility index (Phi) is 2.97. The first-order valence-corrected chi connectivity index (χ1v) is 8.00. The maximum atomic E-state index is 12.4. The van der Waals surface area contributed by atoms with Crippen molar-refractivity contribution >= 4 is 28.3 Å². The molecule has 4 heterocycles. The minimum Gasteiger partial charge on any atom is -0.348 e. The van der Waals surface area contributed by atoms with E-state index in [9.17, 15) is 4.79 Å². The molecule has 1 aromatic heterocycles. The molecule has 0 spiro atoms. The van der Waals surface area contributed by atoms with E-state index in [-0.39, 0.29) is 5.91 Å². The molecular formula is C15H17N3OS. The number of piperidine rings is 3. The van der Waals surface area contributed by atoms with Gasteiger partial charge in [0.05, 0.1) is 5.52 Å². The zero-order valence-electron chi connectivity index (χ0n) is 11.2. The van der Waals surface area contributed by atoms with E-state index in [1.165, 1.54) is 37.5 Å². The number of rotatable bonds is 2. The zero-order valence-corrected chi connectivity index (χ0v) is 12.0. The summed E-state index contributed by atoms with van der Waals surface area (Å²) in [5.74, 6) is 0.700. The first-order chi connectivity index (χ1) is 9.79. The van der Waals surface area contributed by atoms with Crippen molar-refractivity contribution in [1.82, 2.24) is 14.6 Å². The normalized spacial score (nSPS) is 28.7. The van der Waals surface area contributed by atoms with Crippen LogP contribution in [-0.2, 0) is 0 Å². The van der Waals surface area contributed by atoms with Gasteiger partial charge in [0.15, 0.2) is 0 Å². The van der Waals surface area contributed by atoms with Crippen LogP contribution in [0.3, 0.4) is 0 Å². The largest absolute Gasteiger partial charge is 0.348 e. The summed E-state index contributed by atoms with van der Waals surface area (Å²) in [5, 5.41) is 6.33. The highest BCUT2D eigenvalue weighted by Crippen LogP contribution is 2.27. The highest BCUT2D eigenvalue weighted by Gasteiger charge is 2.34. The van der Waals surface area contributed by atoms with Crippen molar-refractivity contribution in [2.24, 2.45) is 5.92 Å². The standard InChI is InChI=1S/C15H17N3OS/c19-15(11-1-2-12-9-20-17-13(12)7-11)16-14-8-18-5-3-10(14)4-6-18/h1-2,7,9-10,14H,3-6,8H2,(H,16,19)/t14-/m0/s1. The predicted molar refractivity (Wildman–Crippen MR) is 80.0 cm³/mol. The average Bonchev–Trinajstić information content (AvgIpc) is 2.96. The molecular weight excluding hydrogens is 270 g/mol. The fourth-order valence-corrected chi connectivity index (χ4v) is 4.02. The van der Waals surface area contributed by atoms with Crippen molar-refractivity contribution in [3.8, 4) is 0 Å². The van der Waals surface area contributed by atoms with Crippen LogP contribution >= 0.6 is 11.5 Å². The molecule has 2 bridgehead atoms. The van der Waals surface area contributed by atoms with Gasteiger partial charge in [0.25, 0.3) is 5.91 Å². The lowest BCUT2D eigenvalue weighted by Gasteiger charge is -2.44. The number of amides is 1. The molecule has 0 saturated carbocycles. The Labute approximate surface area is 121 Å². The quantitative estimate of drug-likeness (QED) is 0.920. The van der Waals surface area contributed by atoms with Gasteiger partial charge in [-0.1, -0.05) is 6.07 Å². The van der Waals surface area contributed by atoms with Crippen molar-refractivity contribution in [2.75, 3.05) is 19.6 Å². The van der Waals surface area contributed by atoms with Gasteiger partial charge < -0.3 is 10.2 Å². The Morgan fingerprint density at radius 1 is 1.35 bits per heavy atom. The van der Waals surface area contributed by atoms with Crippen LogP contribution in [0.2, 0.25) is 0 Å². The molecule has 104 valence electrons. The van der Waals surface area contributed by atoms with Crippen LogP contribution in [0.25, 0.3) is 10.9 Å². The van der Waals surface area contributed by atoms with Crippen LogP contribution in [0, 0.1) is 5.92 Å². The molecule has 0 aliphatic carbocycles. The summed E-state index contributed by atoms with van der Waals surface area (Å²) in [6.45, 7) is 3.40. The summed E-state index contributed by atoms with van der Waals surface area (Å²) >= 11 is 1.43. The molecule has 1 amide bonds. The molecule has 1 aromatic carbocycles. The number of nitrogens with zero attached hydrogens (tertiary/aromatic N) is 2. The fraction of sp³-hybridized carbons (Fsp3) is 0.467. The Hall–Kier alpha value is -1.46. The van der Waals surface area contributed by atoms with Crippen LogP contribution in [0.15, 0.2) is 23.6 Å². The monoisotopic (exact) mass is 287 g/mol. The Morgan fingerprint density at radius 3 is 2.95 bits per heavy atom. The number of hydrogen-bond acceptors (Lipinski definition) is 4. The summed E-state index contributed by atoms with van der Waals surface area (Å²) in [6, 6.07) is 6.08. The average molecular weight is 287 g/mol. The van der Waals surface area contributed by atoms with Gasteiger partial charge in [-0.3, -0.25) is 4.79 Å². The van der Waals surface area contributed by atoms with Crippen molar-refractivity contribution in [3.63, 3.8) is 0 Å². The molecule has 3 aliphatic rings. The molecule has 5 rings (SSSR count). The third kappa shape index (κ3) is 2.11. The van der Waals surface area contributed by atoms with Crippen LogP contribution in [0.5, 0.6) is 0 Å². The summed E-state index contributed by atoms with van der Waals surface area (Å²) in [5.41, 5.74) is 1.64. The molecule has 2 aromatic rings. The molecule has 1 atom stereocenters. The fourth-order valence-electron chi connectivity index (χ4n) is 3.38. The lowest BCUT2D eigenvalue weighted by Crippen LogP contribution is -2.57. The Morgan fingerprint density at radius 2 is 2.20 bits per heavy atom. The van der Waals surface area contributed by atoms with E-state index in [1.54, 1.807) is 0 Å². The van der Waals surface area contributed by atoms with E-state index < -0.39 is 0 Å². The Bertz CT molecular complexity index is 645. The van der Waals surface area contributed by atoms with E-state index in [0.717, 1.165) is 23.0 Å². The highest BCUT2D eigenvalue weighted by atomic mass is 32.1. The van der Waals surface area contributed by atoms with Gasteiger partial charge in [-0.15, -0.1) is 0 Å². The number of fused-ring (bicyclic) bond motifs is 4. The topological polar surface area (TPSA) is 45.2 Å². The summed E-state index contributed by atoms with van der Waals surface area (Å²) in [6.07, 6.45) is 2.44. The van der Waals surface area contributed by atoms with Crippen molar-refractivity contribution in [3.05, 3.63) is 29.1 Å². The van der Waals surface area contributed by atoms with Gasteiger partial charge in [-0.25, -0.2) is 0 Å². The second-order valence-corrected chi connectivity index (χ2v) is 6.44. The second-order valence-electron chi connectivity index (χ2n) is 5.81. The van der Waals surface area contributed by atoms with Crippen LogP contribution in [-0.4, -0.2) is 40.9 Å². The van der Waals surface area contributed by atoms with E-state index >= 15 is 0 Å². The molecule has 3 saturated heterocycles. The van der Waals surface area contributed by atoms with Gasteiger partial charge >= 0.3 is 0 Å². The molecule has 3 fully saturated rings. The van der Waals surface area contributed by atoms with E-state index in [4.69, 9.17) is 0 Å². The first-order valence-electron chi connectivity index (χ1n) is 7.17. The van der Waals surface area contributed by atoms with Crippen molar-refractivity contribution in [1.29, 1.82) is 0 Å². The molecule has 4 nitrogen and oxygen atoms in total. The second kappa shape index (κ2) is 4.82. The summed E-state index contributed by atoms with van der Waals surface area (Å²) in [7, 11) is 0. The van der Waals surface area contributed by atoms with Crippen LogP contribution < -0.4 is 5.32 Å². The Balaban J connectivity index is 1.52. The number of hydrogen-bond donors (Lipinski definition) is 1. The lowest BCUT2D eigenvalue weighted by atomic mass is 9.84.